The molecule has 1 aromatic carbocycles. The van der Waals surface area contributed by atoms with Crippen LogP contribution in [0.1, 0.15) is 18.2 Å². The van der Waals surface area contributed by atoms with Gasteiger partial charge in [0.2, 0.25) is 0 Å². The Hall–Kier alpha value is -1.81. The zero-order valence-electron chi connectivity index (χ0n) is 11.1. The van der Waals surface area contributed by atoms with Crippen LogP contribution in [0.2, 0.25) is 0 Å². The van der Waals surface area contributed by atoms with Gasteiger partial charge in [0.1, 0.15) is 0 Å². The van der Waals surface area contributed by atoms with Crippen LogP contribution in [0.25, 0.3) is 5.69 Å². The molecule has 2 aromatic rings. The van der Waals surface area contributed by atoms with Gasteiger partial charge in [-0.25, -0.2) is 4.68 Å². The fourth-order valence-electron chi connectivity index (χ4n) is 2.18. The summed E-state index contributed by atoms with van der Waals surface area (Å²) in [6.07, 6.45) is 0.609. The van der Waals surface area contributed by atoms with Gasteiger partial charge in [0.05, 0.1) is 5.69 Å². The summed E-state index contributed by atoms with van der Waals surface area (Å²) < 4.78 is 3.57. The molecule has 1 unspecified atom stereocenters. The largest absolute Gasteiger partial charge is 0.328 e. The van der Waals surface area contributed by atoms with E-state index in [-0.39, 0.29) is 11.6 Å². The Balaban J connectivity index is 2.60. The molecule has 18 heavy (non-hydrogen) atoms. The average Bonchev–Trinajstić information content (AvgIpc) is 2.54. The monoisotopic (exact) mass is 245 g/mol. The summed E-state index contributed by atoms with van der Waals surface area (Å²) in [7, 11) is 1.90. The first kappa shape index (κ1) is 12.6. The highest BCUT2D eigenvalue weighted by atomic mass is 16.1. The van der Waals surface area contributed by atoms with Crippen molar-refractivity contribution in [3.8, 4) is 5.69 Å². The van der Waals surface area contributed by atoms with Gasteiger partial charge in [0.25, 0.3) is 5.56 Å². The van der Waals surface area contributed by atoms with Gasteiger partial charge in [-0.05, 0) is 32.4 Å². The van der Waals surface area contributed by atoms with Crippen LogP contribution in [0, 0.1) is 6.92 Å². The molecular weight excluding hydrogens is 226 g/mol. The number of hydrogen-bond donors (Lipinski definition) is 1. The molecule has 0 saturated carbocycles. The molecule has 2 rings (SSSR count). The summed E-state index contributed by atoms with van der Waals surface area (Å²) >= 11 is 0. The maximum Gasteiger partial charge on any atom is 0.274 e. The molecule has 1 atom stereocenters. The Labute approximate surface area is 107 Å². The van der Waals surface area contributed by atoms with Crippen LogP contribution < -0.4 is 11.3 Å². The highest BCUT2D eigenvalue weighted by Crippen LogP contribution is 2.11. The minimum absolute atomic E-state index is 0.0111. The van der Waals surface area contributed by atoms with Crippen molar-refractivity contribution in [1.82, 2.24) is 9.36 Å². The molecule has 0 bridgehead atoms. The lowest BCUT2D eigenvalue weighted by molar-refractivity contribution is 0.630. The van der Waals surface area contributed by atoms with Crippen molar-refractivity contribution in [3.05, 3.63) is 51.9 Å². The number of para-hydroxylation sites is 1. The van der Waals surface area contributed by atoms with E-state index in [9.17, 15) is 4.79 Å². The normalized spacial score (nSPS) is 12.7. The SMILES string of the molecule is Cc1c(CC(C)N)c(=O)n(-c2ccccc2)n1C. The van der Waals surface area contributed by atoms with Crippen molar-refractivity contribution < 1.29 is 0 Å². The van der Waals surface area contributed by atoms with Crippen LogP contribution in [-0.2, 0) is 13.5 Å². The quantitative estimate of drug-likeness (QED) is 0.888. The zero-order valence-corrected chi connectivity index (χ0v) is 11.1. The van der Waals surface area contributed by atoms with Crippen LogP contribution in [0.3, 0.4) is 0 Å². The first-order valence-electron chi connectivity index (χ1n) is 6.11. The molecule has 0 fully saturated rings. The van der Waals surface area contributed by atoms with Crippen LogP contribution in [0.4, 0.5) is 0 Å². The van der Waals surface area contributed by atoms with Gasteiger partial charge in [-0.1, -0.05) is 18.2 Å². The smallest absolute Gasteiger partial charge is 0.274 e. The van der Waals surface area contributed by atoms with Gasteiger partial charge in [0.15, 0.2) is 0 Å². The maximum absolute atomic E-state index is 12.4. The van der Waals surface area contributed by atoms with E-state index in [2.05, 4.69) is 0 Å². The van der Waals surface area contributed by atoms with E-state index < -0.39 is 0 Å². The summed E-state index contributed by atoms with van der Waals surface area (Å²) in [5.41, 5.74) is 8.48. The van der Waals surface area contributed by atoms with E-state index >= 15 is 0 Å². The second-order valence-electron chi connectivity index (χ2n) is 4.72. The average molecular weight is 245 g/mol. The summed E-state index contributed by atoms with van der Waals surface area (Å²) in [5, 5.41) is 0. The predicted octanol–water partition coefficient (Wildman–Crippen LogP) is 1.37. The Morgan fingerprint density at radius 3 is 2.44 bits per heavy atom. The standard InChI is InChI=1S/C14H19N3O/c1-10(15)9-13-11(2)16(3)17(14(13)18)12-7-5-4-6-8-12/h4-8,10H,9,15H2,1-3H3. The second-order valence-corrected chi connectivity index (χ2v) is 4.72. The minimum Gasteiger partial charge on any atom is -0.328 e. The van der Waals surface area contributed by atoms with E-state index in [0.717, 1.165) is 16.9 Å². The molecule has 0 aliphatic heterocycles. The van der Waals surface area contributed by atoms with Crippen molar-refractivity contribution in [1.29, 1.82) is 0 Å². The van der Waals surface area contributed by atoms with Crippen LogP contribution in [0.15, 0.2) is 35.1 Å². The lowest BCUT2D eigenvalue weighted by atomic mass is 10.1. The molecule has 4 nitrogen and oxygen atoms in total. The van der Waals surface area contributed by atoms with Crippen molar-refractivity contribution >= 4 is 0 Å². The number of hydrogen-bond acceptors (Lipinski definition) is 2. The third-order valence-corrected chi connectivity index (χ3v) is 3.20. The molecule has 0 aliphatic rings. The van der Waals surface area contributed by atoms with Crippen molar-refractivity contribution in [2.24, 2.45) is 12.8 Å². The third kappa shape index (κ3) is 2.11. The number of benzene rings is 1. The fourth-order valence-corrected chi connectivity index (χ4v) is 2.18. The highest BCUT2D eigenvalue weighted by Gasteiger charge is 2.16. The number of nitrogens with two attached hydrogens (primary N) is 1. The van der Waals surface area contributed by atoms with Crippen molar-refractivity contribution in [2.75, 3.05) is 0 Å². The first-order chi connectivity index (χ1) is 8.52. The van der Waals surface area contributed by atoms with Gasteiger partial charge < -0.3 is 5.73 Å². The van der Waals surface area contributed by atoms with Crippen molar-refractivity contribution in [2.45, 2.75) is 26.3 Å². The fraction of sp³-hybridized carbons (Fsp3) is 0.357. The van der Waals surface area contributed by atoms with E-state index in [0.29, 0.717) is 6.42 Å². The molecule has 1 heterocycles. The van der Waals surface area contributed by atoms with E-state index in [1.165, 1.54) is 0 Å². The second kappa shape index (κ2) is 4.82. The Kier molecular flexibility index (Phi) is 3.39. The summed E-state index contributed by atoms with van der Waals surface area (Å²) in [6.45, 7) is 3.87. The van der Waals surface area contributed by atoms with Gasteiger partial charge in [-0.15, -0.1) is 0 Å². The molecule has 96 valence electrons. The van der Waals surface area contributed by atoms with Crippen LogP contribution in [-0.4, -0.2) is 15.4 Å². The Morgan fingerprint density at radius 1 is 1.28 bits per heavy atom. The molecule has 0 spiro atoms. The van der Waals surface area contributed by atoms with E-state index in [1.807, 2.05) is 55.9 Å². The van der Waals surface area contributed by atoms with E-state index in [4.69, 9.17) is 5.73 Å². The number of rotatable bonds is 3. The molecule has 2 N–H and O–H groups in total. The minimum atomic E-state index is -0.0111. The maximum atomic E-state index is 12.4. The molecule has 0 amide bonds. The molecule has 0 saturated heterocycles. The molecule has 0 radical (unpaired) electrons. The van der Waals surface area contributed by atoms with Crippen LogP contribution >= 0.6 is 0 Å². The molecular formula is C14H19N3O. The number of nitrogens with zero attached hydrogens (tertiary/aromatic N) is 2. The highest BCUT2D eigenvalue weighted by molar-refractivity contribution is 5.33. The Bertz CT molecular complexity index is 593. The number of aromatic nitrogens is 2. The van der Waals surface area contributed by atoms with E-state index in [1.54, 1.807) is 4.68 Å². The van der Waals surface area contributed by atoms with Crippen LogP contribution in [0.5, 0.6) is 0 Å². The van der Waals surface area contributed by atoms with Gasteiger partial charge in [-0.2, -0.15) is 0 Å². The van der Waals surface area contributed by atoms with Gasteiger partial charge in [-0.3, -0.25) is 9.48 Å². The van der Waals surface area contributed by atoms with Gasteiger partial charge in [0, 0.05) is 24.3 Å². The molecule has 1 aromatic heterocycles. The van der Waals surface area contributed by atoms with Crippen molar-refractivity contribution in [3.63, 3.8) is 0 Å². The summed E-state index contributed by atoms with van der Waals surface area (Å²) in [5.74, 6) is 0. The summed E-state index contributed by atoms with van der Waals surface area (Å²) in [4.78, 5) is 12.4. The third-order valence-electron chi connectivity index (χ3n) is 3.20. The zero-order chi connectivity index (χ0) is 13.3. The molecule has 0 aliphatic carbocycles. The summed E-state index contributed by atoms with van der Waals surface area (Å²) in [6, 6.07) is 9.63. The first-order valence-corrected chi connectivity index (χ1v) is 6.11. The lowest BCUT2D eigenvalue weighted by Crippen LogP contribution is -2.25. The Morgan fingerprint density at radius 2 is 1.89 bits per heavy atom. The van der Waals surface area contributed by atoms with Gasteiger partial charge >= 0.3 is 0 Å². The molecule has 4 heteroatoms. The topological polar surface area (TPSA) is 53.0 Å². The predicted molar refractivity (Wildman–Crippen MR) is 73.1 cm³/mol. The lowest BCUT2D eigenvalue weighted by Gasteiger charge is -2.07.